The van der Waals surface area contributed by atoms with Crippen LogP contribution < -0.4 is 11.1 Å². The summed E-state index contributed by atoms with van der Waals surface area (Å²) in [7, 11) is 0. The Morgan fingerprint density at radius 3 is 2.33 bits per heavy atom. The van der Waals surface area contributed by atoms with Gasteiger partial charge in [0.25, 0.3) is 0 Å². The molecule has 104 valence electrons. The number of carboxylic acid groups (broad SMARTS) is 1. The zero-order chi connectivity index (χ0) is 13.6. The first-order valence-electron chi connectivity index (χ1n) is 6.36. The van der Waals surface area contributed by atoms with Crippen molar-refractivity contribution in [3.8, 4) is 0 Å². The van der Waals surface area contributed by atoms with E-state index in [0.717, 1.165) is 32.1 Å². The Balaban J connectivity index is 2.54. The summed E-state index contributed by atoms with van der Waals surface area (Å²) < 4.78 is 0. The van der Waals surface area contributed by atoms with E-state index in [1.807, 2.05) is 0 Å². The lowest BCUT2D eigenvalue weighted by atomic mass is 9.71. The number of carbonyl (C=O) groups is 2. The van der Waals surface area contributed by atoms with Crippen molar-refractivity contribution >= 4 is 11.9 Å². The molecule has 0 heterocycles. The molecule has 0 radical (unpaired) electrons. The number of rotatable bonds is 6. The second-order valence-electron chi connectivity index (χ2n) is 5.08. The molecule has 6 nitrogen and oxygen atoms in total. The molecule has 1 atom stereocenters. The fraction of sp³-hybridized carbons (Fsp3) is 0.833. The lowest BCUT2D eigenvalue weighted by molar-refractivity contribution is -0.143. The van der Waals surface area contributed by atoms with E-state index in [1.165, 1.54) is 0 Å². The molecule has 1 rings (SSSR count). The number of aliphatic carboxylic acids is 1. The van der Waals surface area contributed by atoms with Gasteiger partial charge in [0, 0.05) is 6.42 Å². The summed E-state index contributed by atoms with van der Waals surface area (Å²) in [6.07, 6.45) is 5.35. The van der Waals surface area contributed by atoms with Gasteiger partial charge in [-0.25, -0.2) is 4.79 Å². The number of aliphatic hydroxyl groups is 1. The van der Waals surface area contributed by atoms with Gasteiger partial charge in [-0.1, -0.05) is 19.3 Å². The zero-order valence-electron chi connectivity index (χ0n) is 10.5. The Bertz CT molecular complexity index is 300. The van der Waals surface area contributed by atoms with Gasteiger partial charge in [-0.2, -0.15) is 0 Å². The molecular weight excluding hydrogens is 236 g/mol. The summed E-state index contributed by atoms with van der Waals surface area (Å²) in [5.74, 6) is -1.57. The third-order valence-electron chi connectivity index (χ3n) is 3.70. The normalized spacial score (nSPS) is 20.1. The molecule has 0 bridgehead atoms. The number of amides is 1. The minimum absolute atomic E-state index is 0.194. The SMILES string of the molecule is NCC1(CC(=O)N[C@H](CO)C(=O)O)CCCCC1. The van der Waals surface area contributed by atoms with Crippen molar-refractivity contribution in [2.75, 3.05) is 13.2 Å². The third kappa shape index (κ3) is 3.96. The molecule has 1 amide bonds. The predicted octanol–water partition coefficient (Wildman–Crippen LogP) is -0.153. The van der Waals surface area contributed by atoms with Crippen LogP contribution in [0.2, 0.25) is 0 Å². The molecule has 5 N–H and O–H groups in total. The Labute approximate surface area is 107 Å². The first-order chi connectivity index (χ1) is 8.53. The van der Waals surface area contributed by atoms with E-state index in [1.54, 1.807) is 0 Å². The van der Waals surface area contributed by atoms with Crippen molar-refractivity contribution in [3.05, 3.63) is 0 Å². The number of nitrogens with one attached hydrogen (secondary N) is 1. The van der Waals surface area contributed by atoms with Crippen LogP contribution in [-0.2, 0) is 9.59 Å². The van der Waals surface area contributed by atoms with E-state index in [0.29, 0.717) is 6.54 Å². The van der Waals surface area contributed by atoms with Gasteiger partial charge in [0.15, 0.2) is 0 Å². The number of nitrogens with two attached hydrogens (primary N) is 1. The fourth-order valence-corrected chi connectivity index (χ4v) is 2.53. The van der Waals surface area contributed by atoms with Gasteiger partial charge in [-0.05, 0) is 24.8 Å². The average Bonchev–Trinajstić information content (AvgIpc) is 2.36. The molecule has 0 aromatic carbocycles. The fourth-order valence-electron chi connectivity index (χ4n) is 2.53. The highest BCUT2D eigenvalue weighted by Gasteiger charge is 2.33. The van der Waals surface area contributed by atoms with Crippen LogP contribution in [0.1, 0.15) is 38.5 Å². The molecule has 0 saturated heterocycles. The number of carboxylic acids is 1. The summed E-state index contributed by atoms with van der Waals surface area (Å²) in [6, 6.07) is -1.23. The molecule has 0 aliphatic heterocycles. The highest BCUT2D eigenvalue weighted by molar-refractivity contribution is 5.84. The van der Waals surface area contributed by atoms with Gasteiger partial charge >= 0.3 is 5.97 Å². The number of carbonyl (C=O) groups excluding carboxylic acids is 1. The first kappa shape index (κ1) is 14.9. The summed E-state index contributed by atoms with van der Waals surface area (Å²) >= 11 is 0. The van der Waals surface area contributed by atoms with Gasteiger partial charge in [0.1, 0.15) is 6.04 Å². The minimum atomic E-state index is -1.23. The molecule has 0 spiro atoms. The third-order valence-corrected chi connectivity index (χ3v) is 3.70. The molecular formula is C12H22N2O4. The molecule has 1 fully saturated rings. The van der Waals surface area contributed by atoms with Gasteiger partial charge in [-0.3, -0.25) is 4.79 Å². The second-order valence-corrected chi connectivity index (χ2v) is 5.08. The maximum atomic E-state index is 11.8. The van der Waals surface area contributed by atoms with E-state index in [4.69, 9.17) is 15.9 Å². The van der Waals surface area contributed by atoms with Crippen molar-refractivity contribution in [2.24, 2.45) is 11.1 Å². The summed E-state index contributed by atoms with van der Waals surface area (Å²) in [4.78, 5) is 22.5. The van der Waals surface area contributed by atoms with Crippen LogP contribution in [0, 0.1) is 5.41 Å². The number of hydrogen-bond donors (Lipinski definition) is 4. The van der Waals surface area contributed by atoms with E-state index >= 15 is 0 Å². The van der Waals surface area contributed by atoms with Gasteiger partial charge < -0.3 is 21.3 Å². The number of hydrogen-bond acceptors (Lipinski definition) is 4. The van der Waals surface area contributed by atoms with Crippen LogP contribution in [0.15, 0.2) is 0 Å². The van der Waals surface area contributed by atoms with Crippen LogP contribution in [0.25, 0.3) is 0 Å². The average molecular weight is 258 g/mol. The van der Waals surface area contributed by atoms with Crippen LogP contribution in [0.4, 0.5) is 0 Å². The zero-order valence-corrected chi connectivity index (χ0v) is 10.5. The highest BCUT2D eigenvalue weighted by atomic mass is 16.4. The van der Waals surface area contributed by atoms with Crippen molar-refractivity contribution in [3.63, 3.8) is 0 Å². The van der Waals surface area contributed by atoms with Crippen LogP contribution in [0.5, 0.6) is 0 Å². The molecule has 6 heteroatoms. The first-order valence-corrected chi connectivity index (χ1v) is 6.36. The second kappa shape index (κ2) is 6.70. The molecule has 0 unspecified atom stereocenters. The van der Waals surface area contributed by atoms with Gasteiger partial charge in [0.05, 0.1) is 6.61 Å². The predicted molar refractivity (Wildman–Crippen MR) is 65.8 cm³/mol. The van der Waals surface area contributed by atoms with Crippen molar-refractivity contribution in [1.82, 2.24) is 5.32 Å². The lowest BCUT2D eigenvalue weighted by Gasteiger charge is -2.35. The van der Waals surface area contributed by atoms with Gasteiger partial charge in [-0.15, -0.1) is 0 Å². The van der Waals surface area contributed by atoms with Crippen molar-refractivity contribution in [1.29, 1.82) is 0 Å². The van der Waals surface area contributed by atoms with Crippen molar-refractivity contribution in [2.45, 2.75) is 44.6 Å². The topological polar surface area (TPSA) is 113 Å². The number of aliphatic hydroxyl groups excluding tert-OH is 1. The van der Waals surface area contributed by atoms with Crippen LogP contribution in [0.3, 0.4) is 0 Å². The van der Waals surface area contributed by atoms with Crippen LogP contribution in [-0.4, -0.2) is 41.3 Å². The maximum Gasteiger partial charge on any atom is 0.328 e. The van der Waals surface area contributed by atoms with E-state index in [9.17, 15) is 9.59 Å². The Morgan fingerprint density at radius 1 is 1.28 bits per heavy atom. The Morgan fingerprint density at radius 2 is 1.89 bits per heavy atom. The van der Waals surface area contributed by atoms with E-state index < -0.39 is 18.6 Å². The summed E-state index contributed by atoms with van der Waals surface area (Å²) in [5.41, 5.74) is 5.57. The Hall–Kier alpha value is -1.14. The molecule has 1 saturated carbocycles. The van der Waals surface area contributed by atoms with Gasteiger partial charge in [0.2, 0.25) is 5.91 Å². The molecule has 1 aliphatic rings. The van der Waals surface area contributed by atoms with Crippen LogP contribution >= 0.6 is 0 Å². The standard InChI is InChI=1S/C12H22N2O4/c13-8-12(4-2-1-3-5-12)6-10(16)14-9(7-15)11(17)18/h9,15H,1-8,13H2,(H,14,16)(H,17,18)/t9-/m1/s1. The summed E-state index contributed by atoms with van der Waals surface area (Å²) in [5, 5.41) is 19.9. The quantitative estimate of drug-likeness (QED) is 0.529. The van der Waals surface area contributed by atoms with E-state index in [2.05, 4.69) is 5.32 Å². The highest BCUT2D eigenvalue weighted by Crippen LogP contribution is 2.38. The Kier molecular flexibility index (Phi) is 5.55. The van der Waals surface area contributed by atoms with Crippen molar-refractivity contribution < 1.29 is 19.8 Å². The smallest absolute Gasteiger partial charge is 0.328 e. The minimum Gasteiger partial charge on any atom is -0.480 e. The molecule has 0 aromatic rings. The monoisotopic (exact) mass is 258 g/mol. The largest absolute Gasteiger partial charge is 0.480 e. The van der Waals surface area contributed by atoms with E-state index in [-0.39, 0.29) is 17.7 Å². The maximum absolute atomic E-state index is 11.8. The summed E-state index contributed by atoms with van der Waals surface area (Å²) in [6.45, 7) is -0.159. The molecule has 1 aliphatic carbocycles. The molecule has 18 heavy (non-hydrogen) atoms. The lowest BCUT2D eigenvalue weighted by Crippen LogP contribution is -2.46. The molecule has 0 aromatic heterocycles.